The molecule has 2 aromatic rings. The molecule has 2 amide bonds. The monoisotopic (exact) mass is 373 g/mol. The SMILES string of the molecule is CC(C)C1COC(=O)N1C1CCN(C(=O)c2cc3cc(F)ccc3[nH]2)CC1. The molecule has 0 saturated carbocycles. The first-order valence-corrected chi connectivity index (χ1v) is 9.46. The van der Waals surface area contributed by atoms with Gasteiger partial charge in [0, 0.05) is 30.0 Å². The first-order valence-electron chi connectivity index (χ1n) is 9.46. The first-order chi connectivity index (χ1) is 12.9. The zero-order valence-corrected chi connectivity index (χ0v) is 15.6. The fourth-order valence-corrected chi connectivity index (χ4v) is 4.12. The number of amides is 2. The number of nitrogens with one attached hydrogen (secondary N) is 1. The van der Waals surface area contributed by atoms with E-state index >= 15 is 0 Å². The van der Waals surface area contributed by atoms with Crippen LogP contribution in [0.2, 0.25) is 0 Å². The van der Waals surface area contributed by atoms with Crippen molar-refractivity contribution in [2.75, 3.05) is 19.7 Å². The van der Waals surface area contributed by atoms with Gasteiger partial charge in [0.25, 0.3) is 5.91 Å². The lowest BCUT2D eigenvalue weighted by Crippen LogP contribution is -2.51. The van der Waals surface area contributed by atoms with E-state index in [-0.39, 0.29) is 29.9 Å². The zero-order chi connectivity index (χ0) is 19.1. The summed E-state index contributed by atoms with van der Waals surface area (Å²) in [4.78, 5) is 31.7. The van der Waals surface area contributed by atoms with Crippen LogP contribution >= 0.6 is 0 Å². The number of ether oxygens (including phenoxy) is 1. The molecule has 4 rings (SSSR count). The average molecular weight is 373 g/mol. The van der Waals surface area contributed by atoms with Gasteiger partial charge in [-0.05, 0) is 43.0 Å². The van der Waals surface area contributed by atoms with E-state index in [1.165, 1.54) is 12.1 Å². The maximum Gasteiger partial charge on any atom is 0.410 e. The highest BCUT2D eigenvalue weighted by molar-refractivity contribution is 5.98. The number of piperidine rings is 1. The summed E-state index contributed by atoms with van der Waals surface area (Å²) in [6, 6.07) is 6.33. The summed E-state index contributed by atoms with van der Waals surface area (Å²) in [5.41, 5.74) is 1.21. The van der Waals surface area contributed by atoms with Crippen LogP contribution in [0.4, 0.5) is 9.18 Å². The van der Waals surface area contributed by atoms with E-state index in [9.17, 15) is 14.0 Å². The average Bonchev–Trinajstić information content (AvgIpc) is 3.24. The number of carbonyl (C=O) groups excluding carboxylic acids is 2. The Hall–Kier alpha value is -2.57. The van der Waals surface area contributed by atoms with E-state index in [0.29, 0.717) is 36.7 Å². The van der Waals surface area contributed by atoms with Crippen molar-refractivity contribution in [1.82, 2.24) is 14.8 Å². The van der Waals surface area contributed by atoms with Crippen LogP contribution in [0.15, 0.2) is 24.3 Å². The standard InChI is InChI=1S/C20H24FN3O3/c1-12(2)18-11-27-20(26)24(18)15-5-7-23(8-6-15)19(25)17-10-13-9-14(21)3-4-16(13)22-17/h3-4,9-10,12,15,18,22H,5-8,11H2,1-2H3. The van der Waals surface area contributed by atoms with Crippen LogP contribution in [0.3, 0.4) is 0 Å². The van der Waals surface area contributed by atoms with Gasteiger partial charge in [-0.15, -0.1) is 0 Å². The fourth-order valence-electron chi connectivity index (χ4n) is 4.12. The third-order valence-electron chi connectivity index (χ3n) is 5.67. The van der Waals surface area contributed by atoms with Crippen molar-refractivity contribution in [3.8, 4) is 0 Å². The molecule has 2 saturated heterocycles. The van der Waals surface area contributed by atoms with Gasteiger partial charge >= 0.3 is 6.09 Å². The van der Waals surface area contributed by atoms with E-state index < -0.39 is 0 Å². The molecule has 144 valence electrons. The van der Waals surface area contributed by atoms with E-state index in [0.717, 1.165) is 18.4 Å². The smallest absolute Gasteiger partial charge is 0.410 e. The van der Waals surface area contributed by atoms with Crippen LogP contribution in [0.25, 0.3) is 10.9 Å². The van der Waals surface area contributed by atoms with Gasteiger partial charge in [0.15, 0.2) is 0 Å². The van der Waals surface area contributed by atoms with E-state index in [2.05, 4.69) is 18.8 Å². The van der Waals surface area contributed by atoms with Gasteiger partial charge in [-0.3, -0.25) is 9.69 Å². The highest BCUT2D eigenvalue weighted by Gasteiger charge is 2.41. The number of halogens is 1. The van der Waals surface area contributed by atoms with Crippen LogP contribution in [0, 0.1) is 11.7 Å². The Kier molecular flexibility index (Phi) is 4.53. The van der Waals surface area contributed by atoms with E-state index in [4.69, 9.17) is 4.74 Å². The van der Waals surface area contributed by atoms with Crippen LogP contribution in [-0.4, -0.2) is 58.6 Å². The van der Waals surface area contributed by atoms with E-state index in [1.807, 2.05) is 4.90 Å². The van der Waals surface area contributed by atoms with Crippen molar-refractivity contribution in [3.63, 3.8) is 0 Å². The van der Waals surface area contributed by atoms with Crippen molar-refractivity contribution in [2.45, 2.75) is 38.8 Å². The Morgan fingerprint density at radius 3 is 2.70 bits per heavy atom. The molecule has 0 spiro atoms. The number of hydrogen-bond acceptors (Lipinski definition) is 3. The molecule has 0 radical (unpaired) electrons. The number of fused-ring (bicyclic) bond motifs is 1. The molecule has 1 aromatic heterocycles. The van der Waals surface area contributed by atoms with Gasteiger partial charge in [0.1, 0.15) is 18.1 Å². The van der Waals surface area contributed by atoms with Crippen molar-refractivity contribution in [1.29, 1.82) is 0 Å². The Bertz CT molecular complexity index is 870. The topological polar surface area (TPSA) is 65.6 Å². The van der Waals surface area contributed by atoms with Crippen LogP contribution in [0.5, 0.6) is 0 Å². The summed E-state index contributed by atoms with van der Waals surface area (Å²) < 4.78 is 18.6. The highest BCUT2D eigenvalue weighted by atomic mass is 19.1. The number of hydrogen-bond donors (Lipinski definition) is 1. The molecular weight excluding hydrogens is 349 g/mol. The molecule has 6 nitrogen and oxygen atoms in total. The molecule has 0 bridgehead atoms. The minimum Gasteiger partial charge on any atom is -0.447 e. The van der Waals surface area contributed by atoms with Crippen molar-refractivity contribution >= 4 is 22.9 Å². The molecule has 3 heterocycles. The number of aromatic amines is 1. The molecule has 7 heteroatoms. The molecule has 1 atom stereocenters. The summed E-state index contributed by atoms with van der Waals surface area (Å²) in [7, 11) is 0. The summed E-state index contributed by atoms with van der Waals surface area (Å²) in [6.07, 6.45) is 1.23. The van der Waals surface area contributed by atoms with Crippen LogP contribution in [0.1, 0.15) is 37.2 Å². The Labute approximate surface area is 157 Å². The Morgan fingerprint density at radius 1 is 1.26 bits per heavy atom. The second-order valence-electron chi connectivity index (χ2n) is 7.73. The number of cyclic esters (lactones) is 1. The minimum absolute atomic E-state index is 0.0885. The highest BCUT2D eigenvalue weighted by Crippen LogP contribution is 2.28. The van der Waals surface area contributed by atoms with Crippen molar-refractivity contribution in [3.05, 3.63) is 35.8 Å². The number of carbonyl (C=O) groups is 2. The van der Waals surface area contributed by atoms with Gasteiger partial charge < -0.3 is 14.6 Å². The molecular formula is C20H24FN3O3. The second kappa shape index (κ2) is 6.87. The molecule has 0 aliphatic carbocycles. The number of aromatic nitrogens is 1. The third-order valence-corrected chi connectivity index (χ3v) is 5.67. The Morgan fingerprint density at radius 2 is 2.00 bits per heavy atom. The number of likely N-dealkylation sites (tertiary alicyclic amines) is 1. The summed E-state index contributed by atoms with van der Waals surface area (Å²) in [6.45, 7) is 5.80. The summed E-state index contributed by atoms with van der Waals surface area (Å²) >= 11 is 0. The molecule has 2 aliphatic heterocycles. The maximum atomic E-state index is 13.4. The van der Waals surface area contributed by atoms with Gasteiger partial charge in [-0.1, -0.05) is 13.8 Å². The number of benzene rings is 1. The van der Waals surface area contributed by atoms with Gasteiger partial charge in [-0.25, -0.2) is 9.18 Å². The third kappa shape index (κ3) is 3.26. The van der Waals surface area contributed by atoms with E-state index in [1.54, 1.807) is 17.0 Å². The Balaban J connectivity index is 1.43. The molecule has 2 fully saturated rings. The maximum absolute atomic E-state index is 13.4. The van der Waals surface area contributed by atoms with Crippen molar-refractivity contribution < 1.29 is 18.7 Å². The number of nitrogens with zero attached hydrogens (tertiary/aromatic N) is 2. The lowest BCUT2D eigenvalue weighted by Gasteiger charge is -2.38. The number of rotatable bonds is 3. The van der Waals surface area contributed by atoms with Gasteiger partial charge in [-0.2, -0.15) is 0 Å². The quantitative estimate of drug-likeness (QED) is 0.897. The predicted octanol–water partition coefficient (Wildman–Crippen LogP) is 3.39. The normalized spacial score (nSPS) is 21.3. The molecule has 1 N–H and O–H groups in total. The summed E-state index contributed by atoms with van der Waals surface area (Å²) in [5, 5.41) is 0.688. The van der Waals surface area contributed by atoms with Crippen molar-refractivity contribution in [2.24, 2.45) is 5.92 Å². The summed E-state index contributed by atoms with van der Waals surface area (Å²) in [5.74, 6) is -0.0733. The largest absolute Gasteiger partial charge is 0.447 e. The fraction of sp³-hybridized carbons (Fsp3) is 0.500. The molecule has 1 unspecified atom stereocenters. The molecule has 27 heavy (non-hydrogen) atoms. The second-order valence-corrected chi connectivity index (χ2v) is 7.73. The number of H-pyrrole nitrogens is 1. The van der Waals surface area contributed by atoms with Crippen LogP contribution < -0.4 is 0 Å². The van der Waals surface area contributed by atoms with Gasteiger partial charge in [0.2, 0.25) is 0 Å². The van der Waals surface area contributed by atoms with Crippen LogP contribution in [-0.2, 0) is 4.74 Å². The lowest BCUT2D eigenvalue weighted by molar-refractivity contribution is 0.0615. The molecule has 2 aliphatic rings. The van der Waals surface area contributed by atoms with Gasteiger partial charge in [0.05, 0.1) is 6.04 Å². The predicted molar refractivity (Wildman–Crippen MR) is 99.0 cm³/mol. The zero-order valence-electron chi connectivity index (χ0n) is 15.6. The first kappa shape index (κ1) is 17.8. The molecule has 1 aromatic carbocycles. The lowest BCUT2D eigenvalue weighted by atomic mass is 9.97. The minimum atomic E-state index is -0.321.